The Morgan fingerprint density at radius 3 is 2.23 bits per heavy atom. The monoisotopic (exact) mass is 396 g/mol. The summed E-state index contributed by atoms with van der Waals surface area (Å²) in [6.07, 6.45) is 1.34. The van der Waals surface area contributed by atoms with Crippen LogP contribution in [-0.2, 0) is 4.79 Å². The molecule has 1 aliphatic heterocycles. The van der Waals surface area contributed by atoms with Gasteiger partial charge in [-0.05, 0) is 47.7 Å². The van der Waals surface area contributed by atoms with Gasteiger partial charge in [-0.1, -0.05) is 54.6 Å². The number of hydrogen-bond donors (Lipinski definition) is 2. The lowest BCUT2D eigenvalue weighted by atomic mass is 9.78. The molecule has 2 aliphatic rings. The van der Waals surface area contributed by atoms with Crippen LogP contribution in [0.25, 0.3) is 0 Å². The van der Waals surface area contributed by atoms with Crippen molar-refractivity contribution >= 4 is 17.2 Å². The highest BCUT2D eigenvalue weighted by Gasteiger charge is 2.35. The second-order valence-electron chi connectivity index (χ2n) is 7.85. The van der Waals surface area contributed by atoms with E-state index in [0.717, 1.165) is 40.4 Å². The lowest BCUT2D eigenvalue weighted by molar-refractivity contribution is -0.116. The molecule has 0 bridgehead atoms. The predicted octanol–water partition coefficient (Wildman–Crippen LogP) is 5.67. The fourth-order valence-corrected chi connectivity index (χ4v) is 4.50. The molecule has 0 radical (unpaired) electrons. The number of para-hydroxylation sites is 2. The van der Waals surface area contributed by atoms with Gasteiger partial charge in [0.2, 0.25) is 0 Å². The first kappa shape index (κ1) is 18.5. The molecule has 3 aromatic rings. The van der Waals surface area contributed by atoms with E-state index >= 15 is 0 Å². The van der Waals surface area contributed by atoms with Gasteiger partial charge in [-0.15, -0.1) is 0 Å². The molecule has 5 rings (SSSR count). The van der Waals surface area contributed by atoms with Crippen LogP contribution in [0.4, 0.5) is 11.4 Å². The van der Waals surface area contributed by atoms with Crippen LogP contribution < -0.4 is 15.4 Å². The van der Waals surface area contributed by atoms with Gasteiger partial charge < -0.3 is 15.4 Å². The summed E-state index contributed by atoms with van der Waals surface area (Å²) in [4.78, 5) is 13.5. The predicted molar refractivity (Wildman–Crippen MR) is 120 cm³/mol. The van der Waals surface area contributed by atoms with Gasteiger partial charge in [0.25, 0.3) is 0 Å². The number of ether oxygens (including phenoxy) is 1. The van der Waals surface area contributed by atoms with E-state index in [1.807, 2.05) is 54.6 Å². The number of carbonyl (C=O) groups excluding carboxylic acids is 1. The van der Waals surface area contributed by atoms with Crippen molar-refractivity contribution in [3.8, 4) is 5.75 Å². The van der Waals surface area contributed by atoms with E-state index in [1.54, 1.807) is 7.11 Å². The van der Waals surface area contributed by atoms with Crippen LogP contribution in [0.5, 0.6) is 5.75 Å². The van der Waals surface area contributed by atoms with Crippen molar-refractivity contribution in [2.24, 2.45) is 0 Å². The Morgan fingerprint density at radius 1 is 0.800 bits per heavy atom. The zero-order chi connectivity index (χ0) is 20.5. The third kappa shape index (κ3) is 3.35. The Labute approximate surface area is 176 Å². The minimum atomic E-state index is -0.203. The van der Waals surface area contributed by atoms with Crippen LogP contribution in [0.3, 0.4) is 0 Å². The number of carbonyl (C=O) groups is 1. The Balaban J connectivity index is 1.60. The van der Waals surface area contributed by atoms with Crippen LogP contribution >= 0.6 is 0 Å². The smallest absolute Gasteiger partial charge is 0.163 e. The average molecular weight is 396 g/mol. The van der Waals surface area contributed by atoms with Crippen molar-refractivity contribution in [1.29, 1.82) is 0 Å². The van der Waals surface area contributed by atoms with E-state index < -0.39 is 0 Å². The number of rotatable bonds is 3. The van der Waals surface area contributed by atoms with E-state index in [-0.39, 0.29) is 17.7 Å². The number of nitrogens with one attached hydrogen (secondary N) is 2. The Kier molecular flexibility index (Phi) is 4.75. The fourth-order valence-electron chi connectivity index (χ4n) is 4.50. The lowest BCUT2D eigenvalue weighted by Crippen LogP contribution is -2.26. The Morgan fingerprint density at radius 2 is 1.50 bits per heavy atom. The summed E-state index contributed by atoms with van der Waals surface area (Å²) in [6.45, 7) is 0. The van der Waals surface area contributed by atoms with Crippen molar-refractivity contribution in [3.05, 3.63) is 101 Å². The van der Waals surface area contributed by atoms with Gasteiger partial charge in [-0.25, -0.2) is 0 Å². The van der Waals surface area contributed by atoms with Crippen molar-refractivity contribution in [2.75, 3.05) is 17.7 Å². The molecule has 4 heteroatoms. The van der Waals surface area contributed by atoms with E-state index in [0.29, 0.717) is 6.42 Å². The first-order valence-corrected chi connectivity index (χ1v) is 10.3. The van der Waals surface area contributed by atoms with Gasteiger partial charge in [0, 0.05) is 17.7 Å². The van der Waals surface area contributed by atoms with E-state index in [2.05, 4.69) is 34.9 Å². The molecule has 150 valence electrons. The van der Waals surface area contributed by atoms with Crippen LogP contribution in [0, 0.1) is 0 Å². The molecule has 2 atom stereocenters. The molecule has 2 N–H and O–H groups in total. The average Bonchev–Trinajstić information content (AvgIpc) is 2.96. The maximum Gasteiger partial charge on any atom is 0.163 e. The topological polar surface area (TPSA) is 50.4 Å². The standard InChI is InChI=1S/C26H24N2O2/c1-30-20-13-11-18(12-14-20)26-25-23(27-21-9-5-6-10-22(21)28-26)15-19(16-24(25)29)17-7-3-2-4-8-17/h2-14,19,26-28H,15-16H2,1H3/t19-,26+/m0/s1. The molecular weight excluding hydrogens is 372 g/mol. The summed E-state index contributed by atoms with van der Waals surface area (Å²) < 4.78 is 5.32. The molecule has 3 aromatic carbocycles. The number of allylic oxidation sites excluding steroid dienone is 1. The van der Waals surface area contributed by atoms with Crippen molar-refractivity contribution in [1.82, 2.24) is 0 Å². The lowest BCUT2D eigenvalue weighted by Gasteiger charge is -2.30. The van der Waals surface area contributed by atoms with Gasteiger partial charge in [0.1, 0.15) is 5.75 Å². The zero-order valence-corrected chi connectivity index (χ0v) is 16.9. The molecule has 30 heavy (non-hydrogen) atoms. The molecule has 0 amide bonds. The third-order valence-electron chi connectivity index (χ3n) is 6.03. The van der Waals surface area contributed by atoms with E-state index in [4.69, 9.17) is 4.74 Å². The summed E-state index contributed by atoms with van der Waals surface area (Å²) in [5.74, 6) is 1.18. The molecule has 4 nitrogen and oxygen atoms in total. The summed E-state index contributed by atoms with van der Waals surface area (Å²) >= 11 is 0. The number of methoxy groups -OCH3 is 1. The Bertz CT molecular complexity index is 1100. The van der Waals surface area contributed by atoms with Crippen LogP contribution in [0.15, 0.2) is 90.1 Å². The first-order valence-electron chi connectivity index (χ1n) is 10.3. The maximum absolute atomic E-state index is 13.5. The number of benzene rings is 3. The number of hydrogen-bond acceptors (Lipinski definition) is 4. The fraction of sp³-hybridized carbons (Fsp3) is 0.192. The summed E-state index contributed by atoms with van der Waals surface area (Å²) in [6, 6.07) is 26.2. The highest BCUT2D eigenvalue weighted by atomic mass is 16.5. The second kappa shape index (κ2) is 7.71. The highest BCUT2D eigenvalue weighted by Crippen LogP contribution is 2.44. The minimum Gasteiger partial charge on any atom is -0.497 e. The van der Waals surface area contributed by atoms with Gasteiger partial charge in [-0.3, -0.25) is 4.79 Å². The zero-order valence-electron chi connectivity index (χ0n) is 16.9. The largest absolute Gasteiger partial charge is 0.497 e. The molecule has 0 fully saturated rings. The van der Waals surface area contributed by atoms with Crippen molar-refractivity contribution in [2.45, 2.75) is 24.8 Å². The molecule has 0 aromatic heterocycles. The van der Waals surface area contributed by atoms with Gasteiger partial charge >= 0.3 is 0 Å². The normalized spacial score (nSPS) is 20.4. The first-order chi connectivity index (χ1) is 14.7. The van der Waals surface area contributed by atoms with Gasteiger partial charge in [0.05, 0.1) is 24.5 Å². The van der Waals surface area contributed by atoms with E-state index in [9.17, 15) is 4.79 Å². The molecule has 0 unspecified atom stereocenters. The van der Waals surface area contributed by atoms with Crippen LogP contribution in [-0.4, -0.2) is 12.9 Å². The second-order valence-corrected chi connectivity index (χ2v) is 7.85. The highest BCUT2D eigenvalue weighted by molar-refractivity contribution is 6.01. The molecule has 1 aliphatic carbocycles. The van der Waals surface area contributed by atoms with E-state index in [1.165, 1.54) is 5.56 Å². The quantitative estimate of drug-likeness (QED) is 0.598. The molecule has 0 saturated heterocycles. The summed E-state index contributed by atoms with van der Waals surface area (Å²) in [5.41, 5.74) is 6.11. The summed E-state index contributed by atoms with van der Waals surface area (Å²) in [7, 11) is 1.66. The summed E-state index contributed by atoms with van der Waals surface area (Å²) in [5, 5.41) is 7.20. The van der Waals surface area contributed by atoms with Crippen molar-refractivity contribution < 1.29 is 9.53 Å². The maximum atomic E-state index is 13.5. The molecule has 1 heterocycles. The number of anilines is 2. The third-order valence-corrected chi connectivity index (χ3v) is 6.03. The minimum absolute atomic E-state index is 0.187. The van der Waals surface area contributed by atoms with Crippen molar-refractivity contribution in [3.63, 3.8) is 0 Å². The van der Waals surface area contributed by atoms with Crippen LogP contribution in [0.2, 0.25) is 0 Å². The SMILES string of the molecule is COc1ccc([C@H]2Nc3ccccc3NC3=C2C(=O)C[C@@H](c2ccccc2)C3)cc1. The van der Waals surface area contributed by atoms with Crippen LogP contribution in [0.1, 0.15) is 35.9 Å². The molecule has 0 spiro atoms. The molecule has 0 saturated carbocycles. The number of ketones is 1. The van der Waals surface area contributed by atoms with Gasteiger partial charge in [-0.2, -0.15) is 0 Å². The van der Waals surface area contributed by atoms with Gasteiger partial charge in [0.15, 0.2) is 5.78 Å². The molecular formula is C26H24N2O2. The number of fused-ring (bicyclic) bond motifs is 1. The Hall–Kier alpha value is -3.53. The number of Topliss-reactive ketones (excluding diaryl/α,β-unsaturated/α-hetero) is 1.